The van der Waals surface area contributed by atoms with Crippen molar-refractivity contribution < 1.29 is 9.53 Å². The van der Waals surface area contributed by atoms with Crippen LogP contribution in [0.25, 0.3) is 0 Å². The van der Waals surface area contributed by atoms with E-state index in [1.54, 1.807) is 34.7 Å². The average molecular weight is 345 g/mol. The molecule has 3 rings (SSSR count). The first kappa shape index (κ1) is 17.2. The molecule has 8 heteroatoms. The maximum Gasteiger partial charge on any atom is 0.267 e. The van der Waals surface area contributed by atoms with Crippen LogP contribution < -0.4 is 15.6 Å². The summed E-state index contributed by atoms with van der Waals surface area (Å²) < 4.78 is 8.27. The smallest absolute Gasteiger partial charge is 0.267 e. The summed E-state index contributed by atoms with van der Waals surface area (Å²) in [6.07, 6.45) is 4.88. The number of nitrogens with zero attached hydrogens (tertiary/aromatic N) is 4. The summed E-state index contributed by atoms with van der Waals surface area (Å²) >= 11 is 0. The van der Waals surface area contributed by atoms with E-state index in [4.69, 9.17) is 4.74 Å². The van der Waals surface area contributed by atoms with Crippen molar-refractivity contribution >= 4 is 5.91 Å². The van der Waals surface area contributed by atoms with Gasteiger partial charge in [-0.05, 0) is 38.7 Å². The Morgan fingerprint density at radius 2 is 1.96 bits per heavy atom. The fourth-order valence-electron chi connectivity index (χ4n) is 3.28. The first-order valence-electron chi connectivity index (χ1n) is 8.43. The van der Waals surface area contributed by atoms with Crippen LogP contribution in [0.5, 0.6) is 5.88 Å². The minimum atomic E-state index is -0.181. The van der Waals surface area contributed by atoms with Gasteiger partial charge in [-0.2, -0.15) is 5.10 Å². The molecule has 1 amide bonds. The largest absolute Gasteiger partial charge is 0.479 e. The molecule has 2 heterocycles. The first-order valence-corrected chi connectivity index (χ1v) is 8.43. The van der Waals surface area contributed by atoms with E-state index in [0.29, 0.717) is 11.4 Å². The second kappa shape index (κ2) is 7.08. The molecule has 2 aromatic rings. The summed E-state index contributed by atoms with van der Waals surface area (Å²) in [7, 11) is 3.24. The highest BCUT2D eigenvalue weighted by Gasteiger charge is 2.26. The fraction of sp³-hybridized carbons (Fsp3) is 0.529. The minimum absolute atomic E-state index is 0.0711. The lowest BCUT2D eigenvalue weighted by atomic mass is 9.91. The summed E-state index contributed by atoms with van der Waals surface area (Å²) in [6, 6.07) is 3.46. The number of methoxy groups -OCH3 is 1. The molecule has 0 spiro atoms. The summed E-state index contributed by atoms with van der Waals surface area (Å²) in [6.45, 7) is 1.88. The van der Waals surface area contributed by atoms with Gasteiger partial charge in [0.05, 0.1) is 18.8 Å². The van der Waals surface area contributed by atoms with Crippen molar-refractivity contribution in [3.05, 3.63) is 39.9 Å². The van der Waals surface area contributed by atoms with Gasteiger partial charge in [-0.1, -0.05) is 0 Å². The van der Waals surface area contributed by atoms with Gasteiger partial charge in [-0.15, -0.1) is 5.10 Å². The Morgan fingerprint density at radius 1 is 1.24 bits per heavy atom. The number of nitrogens with one attached hydrogen (secondary N) is 1. The SMILES string of the molecule is COc1nn(C)cc1C(=O)NC1CCC(n2nc(C)ccc2=O)CC1. The summed E-state index contributed by atoms with van der Waals surface area (Å²) in [5.41, 5.74) is 1.19. The highest BCUT2D eigenvalue weighted by molar-refractivity contribution is 5.96. The molecule has 0 bridgehead atoms. The molecule has 1 saturated carbocycles. The summed E-state index contributed by atoms with van der Waals surface area (Å²) in [4.78, 5) is 24.4. The number of hydrogen-bond acceptors (Lipinski definition) is 5. The van der Waals surface area contributed by atoms with E-state index in [-0.39, 0.29) is 23.6 Å². The highest BCUT2D eigenvalue weighted by atomic mass is 16.5. The van der Waals surface area contributed by atoms with Crippen LogP contribution in [0.3, 0.4) is 0 Å². The topological polar surface area (TPSA) is 91.0 Å². The Labute approximate surface area is 145 Å². The van der Waals surface area contributed by atoms with E-state index in [2.05, 4.69) is 15.5 Å². The van der Waals surface area contributed by atoms with Gasteiger partial charge in [0.1, 0.15) is 5.56 Å². The van der Waals surface area contributed by atoms with Crippen LogP contribution in [0.1, 0.15) is 47.8 Å². The molecule has 1 N–H and O–H groups in total. The molecule has 134 valence electrons. The number of aryl methyl sites for hydroxylation is 2. The van der Waals surface area contributed by atoms with Crippen molar-refractivity contribution in [2.75, 3.05) is 7.11 Å². The summed E-state index contributed by atoms with van der Waals surface area (Å²) in [5, 5.41) is 11.5. The van der Waals surface area contributed by atoms with E-state index in [1.165, 1.54) is 7.11 Å². The molecular weight excluding hydrogens is 322 g/mol. The third kappa shape index (κ3) is 3.72. The summed E-state index contributed by atoms with van der Waals surface area (Å²) in [5.74, 6) is 0.142. The van der Waals surface area contributed by atoms with Crippen molar-refractivity contribution in [1.29, 1.82) is 0 Å². The molecule has 25 heavy (non-hydrogen) atoms. The number of hydrogen-bond donors (Lipinski definition) is 1. The maximum atomic E-state index is 12.4. The molecule has 2 aromatic heterocycles. The number of amides is 1. The molecule has 0 aliphatic heterocycles. The van der Waals surface area contributed by atoms with Crippen molar-refractivity contribution in [3.8, 4) is 5.88 Å². The lowest BCUT2D eigenvalue weighted by Crippen LogP contribution is -2.39. The lowest BCUT2D eigenvalue weighted by Gasteiger charge is -2.29. The Morgan fingerprint density at radius 3 is 2.64 bits per heavy atom. The predicted molar refractivity (Wildman–Crippen MR) is 91.8 cm³/mol. The van der Waals surface area contributed by atoms with Crippen LogP contribution >= 0.6 is 0 Å². The van der Waals surface area contributed by atoms with Crippen LogP contribution in [0.4, 0.5) is 0 Å². The van der Waals surface area contributed by atoms with Crippen LogP contribution in [-0.2, 0) is 7.05 Å². The molecule has 0 saturated heterocycles. The Bertz CT molecular complexity index is 818. The predicted octanol–water partition coefficient (Wildman–Crippen LogP) is 1.21. The van der Waals surface area contributed by atoms with E-state index in [9.17, 15) is 9.59 Å². The molecule has 0 aromatic carbocycles. The van der Waals surface area contributed by atoms with Gasteiger partial charge in [-0.25, -0.2) is 4.68 Å². The molecular formula is C17H23N5O3. The maximum absolute atomic E-state index is 12.4. The van der Waals surface area contributed by atoms with Gasteiger partial charge in [-0.3, -0.25) is 14.3 Å². The van der Waals surface area contributed by atoms with Crippen LogP contribution in [-0.4, -0.2) is 38.6 Å². The third-order valence-electron chi connectivity index (χ3n) is 4.57. The third-order valence-corrected chi connectivity index (χ3v) is 4.57. The Balaban J connectivity index is 1.62. The van der Waals surface area contributed by atoms with E-state index in [1.807, 2.05) is 6.92 Å². The lowest BCUT2D eigenvalue weighted by molar-refractivity contribution is 0.0918. The zero-order valence-corrected chi connectivity index (χ0v) is 14.7. The van der Waals surface area contributed by atoms with Crippen molar-refractivity contribution in [2.45, 2.75) is 44.7 Å². The van der Waals surface area contributed by atoms with Crippen LogP contribution in [0, 0.1) is 6.92 Å². The van der Waals surface area contributed by atoms with Crippen molar-refractivity contribution in [2.24, 2.45) is 7.05 Å². The van der Waals surface area contributed by atoms with E-state index in [0.717, 1.165) is 31.4 Å². The van der Waals surface area contributed by atoms with Crippen molar-refractivity contribution in [3.63, 3.8) is 0 Å². The Hall–Kier alpha value is -2.64. The normalized spacial score (nSPS) is 20.3. The Kier molecular flexibility index (Phi) is 4.87. The second-order valence-electron chi connectivity index (χ2n) is 6.46. The van der Waals surface area contributed by atoms with E-state index < -0.39 is 0 Å². The zero-order chi connectivity index (χ0) is 18.0. The molecule has 1 aliphatic rings. The number of rotatable bonds is 4. The first-order chi connectivity index (χ1) is 12.0. The standard InChI is InChI=1S/C17H23N5O3/c1-11-4-9-15(23)22(19-11)13-7-5-12(6-8-13)18-16(24)14-10-21(2)20-17(14)25-3/h4,9-10,12-13H,5-8H2,1-3H3,(H,18,24). The molecule has 0 unspecified atom stereocenters. The quantitative estimate of drug-likeness (QED) is 0.899. The number of carbonyl (C=O) groups is 1. The van der Waals surface area contributed by atoms with Gasteiger partial charge < -0.3 is 10.1 Å². The van der Waals surface area contributed by atoms with Gasteiger partial charge in [0.15, 0.2) is 0 Å². The highest BCUT2D eigenvalue weighted by Crippen LogP contribution is 2.27. The van der Waals surface area contributed by atoms with Gasteiger partial charge in [0.25, 0.3) is 11.5 Å². The van der Waals surface area contributed by atoms with Crippen molar-refractivity contribution in [1.82, 2.24) is 24.9 Å². The molecule has 0 atom stereocenters. The number of ether oxygens (including phenoxy) is 1. The van der Waals surface area contributed by atoms with Gasteiger partial charge in [0, 0.05) is 25.4 Å². The molecule has 8 nitrogen and oxygen atoms in total. The van der Waals surface area contributed by atoms with Gasteiger partial charge in [0.2, 0.25) is 5.88 Å². The second-order valence-corrected chi connectivity index (χ2v) is 6.46. The van der Waals surface area contributed by atoms with Gasteiger partial charge >= 0.3 is 0 Å². The number of aromatic nitrogens is 4. The molecule has 1 aliphatic carbocycles. The average Bonchev–Trinajstić information content (AvgIpc) is 2.99. The minimum Gasteiger partial charge on any atom is -0.479 e. The fourth-order valence-corrected chi connectivity index (χ4v) is 3.28. The molecule has 1 fully saturated rings. The van der Waals surface area contributed by atoms with Crippen LogP contribution in [0.2, 0.25) is 0 Å². The monoisotopic (exact) mass is 345 g/mol. The number of carbonyl (C=O) groups excluding carboxylic acids is 1. The molecule has 0 radical (unpaired) electrons. The van der Waals surface area contributed by atoms with E-state index >= 15 is 0 Å². The zero-order valence-electron chi connectivity index (χ0n) is 14.7. The van der Waals surface area contributed by atoms with Crippen LogP contribution in [0.15, 0.2) is 23.1 Å².